The molecular formula is C16H16BN3O7. The Morgan fingerprint density at radius 2 is 2.04 bits per heavy atom. The molecule has 10 nitrogen and oxygen atoms in total. The topological polar surface area (TPSA) is 172 Å². The summed E-state index contributed by atoms with van der Waals surface area (Å²) in [6.07, 6.45) is 1.01. The zero-order chi connectivity index (χ0) is 20.0. The number of carbonyl (C=O) groups is 3. The summed E-state index contributed by atoms with van der Waals surface area (Å²) in [5.74, 6) is -3.21. The van der Waals surface area contributed by atoms with Gasteiger partial charge in [-0.1, -0.05) is 12.1 Å². The number of nitrogen functional groups attached to an aromatic ring is 1. The van der Waals surface area contributed by atoms with Gasteiger partial charge in [-0.15, -0.1) is 0 Å². The quantitative estimate of drug-likeness (QED) is 0.295. The third-order valence-electron chi connectivity index (χ3n) is 3.66. The van der Waals surface area contributed by atoms with E-state index in [0.717, 1.165) is 0 Å². The molecule has 1 heterocycles. The van der Waals surface area contributed by atoms with Crippen molar-refractivity contribution in [2.45, 2.75) is 12.4 Å². The summed E-state index contributed by atoms with van der Waals surface area (Å²) in [4.78, 5) is 38.0. The van der Waals surface area contributed by atoms with E-state index in [1.54, 1.807) is 0 Å². The highest BCUT2D eigenvalue weighted by atomic mass is 16.5. The van der Waals surface area contributed by atoms with Gasteiger partial charge in [-0.25, -0.2) is 9.78 Å². The number of rotatable bonds is 8. The first-order chi connectivity index (χ1) is 12.8. The van der Waals surface area contributed by atoms with Gasteiger partial charge in [-0.3, -0.25) is 9.59 Å². The van der Waals surface area contributed by atoms with Crippen molar-refractivity contribution in [3.63, 3.8) is 0 Å². The molecule has 1 aromatic heterocycles. The van der Waals surface area contributed by atoms with Crippen LogP contribution in [0.2, 0.25) is 0 Å². The van der Waals surface area contributed by atoms with Crippen LogP contribution in [0.3, 0.4) is 0 Å². The lowest BCUT2D eigenvalue weighted by Gasteiger charge is -2.19. The highest BCUT2D eigenvalue weighted by molar-refractivity contribution is 6.43. The zero-order valence-corrected chi connectivity index (χ0v) is 13.9. The van der Waals surface area contributed by atoms with Crippen LogP contribution in [0, 0.1) is 0 Å². The van der Waals surface area contributed by atoms with Gasteiger partial charge in [-0.05, 0) is 30.2 Å². The number of anilines is 1. The second-order valence-corrected chi connectivity index (χ2v) is 5.48. The molecule has 0 spiro atoms. The van der Waals surface area contributed by atoms with E-state index in [9.17, 15) is 29.5 Å². The third kappa shape index (κ3) is 5.03. The van der Waals surface area contributed by atoms with Crippen LogP contribution in [-0.4, -0.2) is 51.5 Å². The number of hydrogen-bond donors (Lipinski definition) is 5. The molecule has 0 fully saturated rings. The van der Waals surface area contributed by atoms with E-state index in [-0.39, 0.29) is 41.2 Å². The largest absolute Gasteiger partial charge is 0.478 e. The molecule has 0 radical (unpaired) electrons. The van der Waals surface area contributed by atoms with Crippen molar-refractivity contribution in [1.82, 2.24) is 10.3 Å². The lowest BCUT2D eigenvalue weighted by Crippen LogP contribution is -2.48. The van der Waals surface area contributed by atoms with Gasteiger partial charge >= 0.3 is 13.1 Å². The van der Waals surface area contributed by atoms with E-state index >= 15 is 0 Å². The lowest BCUT2D eigenvalue weighted by atomic mass is 9.75. The summed E-state index contributed by atoms with van der Waals surface area (Å²) in [5.41, 5.74) is 5.50. The molecule has 1 amide bonds. The first kappa shape index (κ1) is 19.9. The number of aromatic nitrogens is 1. The van der Waals surface area contributed by atoms with Crippen LogP contribution in [0.1, 0.15) is 26.3 Å². The average Bonchev–Trinajstić information content (AvgIpc) is 2.62. The number of pyridine rings is 1. The molecule has 1 aromatic carbocycles. The van der Waals surface area contributed by atoms with Crippen LogP contribution < -0.4 is 15.8 Å². The molecule has 0 unspecified atom stereocenters. The van der Waals surface area contributed by atoms with Crippen LogP contribution in [0.5, 0.6) is 5.75 Å². The van der Waals surface area contributed by atoms with Crippen molar-refractivity contribution in [1.29, 1.82) is 0 Å². The van der Waals surface area contributed by atoms with Crippen LogP contribution in [-0.2, 0) is 11.2 Å². The Morgan fingerprint density at radius 1 is 1.30 bits per heavy atom. The number of para-hydroxylation sites is 1. The van der Waals surface area contributed by atoms with Gasteiger partial charge in [0.1, 0.15) is 17.1 Å². The predicted octanol–water partition coefficient (Wildman–Crippen LogP) is -0.750. The van der Waals surface area contributed by atoms with Crippen LogP contribution in [0.25, 0.3) is 0 Å². The van der Waals surface area contributed by atoms with E-state index in [2.05, 4.69) is 10.3 Å². The first-order valence-electron chi connectivity index (χ1n) is 7.67. The highest BCUT2D eigenvalue weighted by Crippen LogP contribution is 2.25. The standard InChI is InChI=1S/C16H16BN3O7/c18-13-5-4-10(7-19-13)15(22)20-12(17(25)26)6-9-2-1-3-11(16(23)24)14(9)27-8-21/h1-5,7-8,12,25-26H,6H2,(H2,18,19)(H,20,22)(H,23,24)/t12-/m0/s1. The Balaban J connectivity index is 2.27. The Labute approximate surface area is 153 Å². The second kappa shape index (κ2) is 8.78. The van der Waals surface area contributed by atoms with Crippen molar-refractivity contribution >= 4 is 31.3 Å². The van der Waals surface area contributed by atoms with Crippen molar-refractivity contribution in [3.8, 4) is 5.75 Å². The van der Waals surface area contributed by atoms with Crippen molar-refractivity contribution in [2.75, 3.05) is 5.73 Å². The maximum atomic E-state index is 12.3. The maximum Gasteiger partial charge on any atom is 0.475 e. The van der Waals surface area contributed by atoms with Gasteiger partial charge in [0.05, 0.1) is 11.5 Å². The monoisotopic (exact) mass is 373 g/mol. The van der Waals surface area contributed by atoms with Gasteiger partial charge in [0.25, 0.3) is 12.4 Å². The number of benzene rings is 1. The Hall–Kier alpha value is -3.44. The Kier molecular flexibility index (Phi) is 6.47. The molecule has 11 heteroatoms. The van der Waals surface area contributed by atoms with Crippen LogP contribution in [0.15, 0.2) is 36.5 Å². The molecule has 27 heavy (non-hydrogen) atoms. The Bertz CT molecular complexity index is 842. The van der Waals surface area contributed by atoms with Crippen molar-refractivity contribution in [3.05, 3.63) is 53.2 Å². The van der Waals surface area contributed by atoms with Crippen LogP contribution in [0.4, 0.5) is 5.82 Å². The third-order valence-corrected chi connectivity index (χ3v) is 3.66. The second-order valence-electron chi connectivity index (χ2n) is 5.48. The zero-order valence-electron chi connectivity index (χ0n) is 13.9. The Morgan fingerprint density at radius 3 is 2.59 bits per heavy atom. The summed E-state index contributed by atoms with van der Waals surface area (Å²) in [6.45, 7) is 0.0638. The molecule has 6 N–H and O–H groups in total. The summed E-state index contributed by atoms with van der Waals surface area (Å²) in [5, 5.41) is 30.8. The number of amides is 1. The highest BCUT2D eigenvalue weighted by Gasteiger charge is 2.28. The number of nitrogens with two attached hydrogens (primary N) is 1. The fourth-order valence-corrected chi connectivity index (χ4v) is 2.36. The van der Waals surface area contributed by atoms with E-state index in [4.69, 9.17) is 10.5 Å². The minimum Gasteiger partial charge on any atom is -0.478 e. The van der Waals surface area contributed by atoms with E-state index in [1.165, 1.54) is 36.5 Å². The van der Waals surface area contributed by atoms with Gasteiger partial charge in [0.15, 0.2) is 0 Å². The van der Waals surface area contributed by atoms with Gasteiger partial charge in [-0.2, -0.15) is 0 Å². The van der Waals surface area contributed by atoms with Crippen LogP contribution >= 0.6 is 0 Å². The molecule has 0 aliphatic carbocycles. The van der Waals surface area contributed by atoms with Gasteiger partial charge in [0, 0.05) is 6.20 Å². The number of nitrogens with zero attached hydrogens (tertiary/aromatic N) is 1. The molecule has 1 atom stereocenters. The normalized spacial score (nSPS) is 11.3. The number of carboxylic acids is 1. The first-order valence-corrected chi connectivity index (χ1v) is 7.67. The van der Waals surface area contributed by atoms with E-state index in [0.29, 0.717) is 0 Å². The van der Waals surface area contributed by atoms with Crippen molar-refractivity contribution < 1.29 is 34.3 Å². The van der Waals surface area contributed by atoms with E-state index in [1.807, 2.05) is 0 Å². The molecule has 0 bridgehead atoms. The minimum atomic E-state index is -1.96. The molecular weight excluding hydrogens is 357 g/mol. The SMILES string of the molecule is Nc1ccc(C(=O)N[C@@H](Cc2cccc(C(=O)O)c2OC=O)B(O)O)cn1. The summed E-state index contributed by atoms with van der Waals surface area (Å²) < 4.78 is 4.75. The summed E-state index contributed by atoms with van der Waals surface area (Å²) >= 11 is 0. The van der Waals surface area contributed by atoms with Gasteiger partial charge < -0.3 is 30.9 Å². The molecule has 2 aromatic rings. The number of nitrogens with one attached hydrogen (secondary N) is 1. The number of ether oxygens (including phenoxy) is 1. The smallest absolute Gasteiger partial charge is 0.475 e. The summed E-state index contributed by atoms with van der Waals surface area (Å²) in [7, 11) is -1.96. The van der Waals surface area contributed by atoms with Crippen molar-refractivity contribution in [2.24, 2.45) is 0 Å². The molecule has 0 aliphatic heterocycles. The molecule has 0 saturated heterocycles. The lowest BCUT2D eigenvalue weighted by molar-refractivity contribution is -0.120. The number of carboxylic acid groups (broad SMARTS) is 1. The molecule has 0 saturated carbocycles. The number of hydrogen-bond acceptors (Lipinski definition) is 8. The number of aromatic carboxylic acids is 1. The molecule has 0 aliphatic rings. The molecule has 2 rings (SSSR count). The fourth-order valence-electron chi connectivity index (χ4n) is 2.36. The number of carbonyl (C=O) groups excluding carboxylic acids is 2. The van der Waals surface area contributed by atoms with E-state index < -0.39 is 24.9 Å². The predicted molar refractivity (Wildman–Crippen MR) is 93.9 cm³/mol. The minimum absolute atomic E-state index is 0.0638. The molecule has 140 valence electrons. The average molecular weight is 373 g/mol. The fraction of sp³-hybridized carbons (Fsp3) is 0.125. The summed E-state index contributed by atoms with van der Waals surface area (Å²) in [6, 6.07) is 6.89. The maximum absolute atomic E-state index is 12.3. The van der Waals surface area contributed by atoms with Gasteiger partial charge in [0.2, 0.25) is 0 Å².